The van der Waals surface area contributed by atoms with Gasteiger partial charge in [0.15, 0.2) is 0 Å². The van der Waals surface area contributed by atoms with Crippen LogP contribution >= 0.6 is 0 Å². The lowest BCUT2D eigenvalue weighted by Gasteiger charge is -2.25. The number of rotatable bonds is 4. The van der Waals surface area contributed by atoms with Crippen LogP contribution in [0.15, 0.2) is 36.5 Å². The number of aromatic nitrogens is 1. The van der Waals surface area contributed by atoms with Crippen molar-refractivity contribution in [1.82, 2.24) is 15.6 Å². The molecule has 1 atom stereocenters. The number of aryl methyl sites for hydroxylation is 2. The van der Waals surface area contributed by atoms with Crippen LogP contribution in [0.4, 0.5) is 4.79 Å². The number of phenols is 1. The molecule has 1 aliphatic rings. The maximum Gasteiger partial charge on any atom is 0.315 e. The molecule has 1 heterocycles. The average Bonchev–Trinajstić information content (AvgIpc) is 2.57. The Morgan fingerprint density at radius 1 is 1.33 bits per heavy atom. The summed E-state index contributed by atoms with van der Waals surface area (Å²) in [5, 5.41) is 15.5. The minimum absolute atomic E-state index is 0.122. The fourth-order valence-electron chi connectivity index (χ4n) is 3.19. The molecule has 0 radical (unpaired) electrons. The van der Waals surface area contributed by atoms with Crippen molar-refractivity contribution in [2.45, 2.75) is 38.6 Å². The standard InChI is InChI=1S/C19H23N3O2/c1-13-14(3-2-9-20-13)8-10-21-19(24)22-17-6-4-16-12-18(23)7-5-15(16)11-17/h2-3,5,7,9,12,17,23H,4,6,8,10-11H2,1H3,(H2,21,22,24). The Hall–Kier alpha value is -2.56. The summed E-state index contributed by atoms with van der Waals surface area (Å²) < 4.78 is 0. The monoisotopic (exact) mass is 325 g/mol. The summed E-state index contributed by atoms with van der Waals surface area (Å²) in [5.41, 5.74) is 4.55. The molecule has 126 valence electrons. The highest BCUT2D eigenvalue weighted by atomic mass is 16.3. The van der Waals surface area contributed by atoms with Gasteiger partial charge in [-0.3, -0.25) is 4.98 Å². The molecule has 5 nitrogen and oxygen atoms in total. The van der Waals surface area contributed by atoms with Crippen LogP contribution in [0, 0.1) is 6.92 Å². The Balaban J connectivity index is 1.46. The molecule has 2 amide bonds. The van der Waals surface area contributed by atoms with E-state index in [2.05, 4.69) is 15.6 Å². The van der Waals surface area contributed by atoms with Crippen molar-refractivity contribution in [3.63, 3.8) is 0 Å². The van der Waals surface area contributed by atoms with E-state index in [0.717, 1.165) is 36.9 Å². The van der Waals surface area contributed by atoms with Gasteiger partial charge in [0.2, 0.25) is 0 Å². The van der Waals surface area contributed by atoms with Gasteiger partial charge >= 0.3 is 6.03 Å². The van der Waals surface area contributed by atoms with Crippen LogP contribution in [0.5, 0.6) is 5.75 Å². The van der Waals surface area contributed by atoms with Crippen molar-refractivity contribution in [3.05, 3.63) is 58.9 Å². The topological polar surface area (TPSA) is 74.2 Å². The molecule has 0 bridgehead atoms. The third-order valence-electron chi connectivity index (χ3n) is 4.55. The second-order valence-electron chi connectivity index (χ2n) is 6.29. The van der Waals surface area contributed by atoms with E-state index in [1.807, 2.05) is 31.2 Å². The van der Waals surface area contributed by atoms with E-state index in [4.69, 9.17) is 0 Å². The van der Waals surface area contributed by atoms with Crippen LogP contribution < -0.4 is 10.6 Å². The van der Waals surface area contributed by atoms with Gasteiger partial charge in [-0.25, -0.2) is 4.79 Å². The molecule has 2 aromatic rings. The molecule has 3 N–H and O–H groups in total. The van der Waals surface area contributed by atoms with Gasteiger partial charge in [0.05, 0.1) is 0 Å². The second kappa shape index (κ2) is 7.34. The summed E-state index contributed by atoms with van der Waals surface area (Å²) >= 11 is 0. The van der Waals surface area contributed by atoms with Crippen LogP contribution in [0.1, 0.15) is 28.8 Å². The van der Waals surface area contributed by atoms with E-state index in [9.17, 15) is 9.90 Å². The van der Waals surface area contributed by atoms with E-state index in [1.54, 1.807) is 12.3 Å². The molecular formula is C19H23N3O2. The number of hydrogen-bond donors (Lipinski definition) is 3. The molecule has 5 heteroatoms. The van der Waals surface area contributed by atoms with Gasteiger partial charge < -0.3 is 15.7 Å². The number of pyridine rings is 1. The number of aromatic hydroxyl groups is 1. The Kier molecular flexibility index (Phi) is 4.99. The van der Waals surface area contributed by atoms with E-state index >= 15 is 0 Å². The zero-order chi connectivity index (χ0) is 16.9. The molecule has 0 saturated heterocycles. The van der Waals surface area contributed by atoms with Gasteiger partial charge in [-0.15, -0.1) is 0 Å². The number of hydrogen-bond acceptors (Lipinski definition) is 3. The first-order valence-corrected chi connectivity index (χ1v) is 8.37. The van der Waals surface area contributed by atoms with Gasteiger partial charge in [0.25, 0.3) is 0 Å². The minimum Gasteiger partial charge on any atom is -0.508 e. The largest absolute Gasteiger partial charge is 0.508 e. The Bertz CT molecular complexity index is 730. The predicted molar refractivity (Wildman–Crippen MR) is 93.1 cm³/mol. The first-order valence-electron chi connectivity index (χ1n) is 8.37. The highest BCUT2D eigenvalue weighted by Crippen LogP contribution is 2.24. The molecule has 3 rings (SSSR count). The smallest absolute Gasteiger partial charge is 0.315 e. The van der Waals surface area contributed by atoms with Crippen molar-refractivity contribution < 1.29 is 9.90 Å². The molecule has 0 spiro atoms. The summed E-state index contributed by atoms with van der Waals surface area (Å²) in [5.74, 6) is 0.309. The molecule has 0 fully saturated rings. The summed E-state index contributed by atoms with van der Waals surface area (Å²) in [6.07, 6.45) is 5.14. The third-order valence-corrected chi connectivity index (χ3v) is 4.55. The fraction of sp³-hybridized carbons (Fsp3) is 0.368. The van der Waals surface area contributed by atoms with Crippen molar-refractivity contribution in [1.29, 1.82) is 0 Å². The van der Waals surface area contributed by atoms with Crippen molar-refractivity contribution in [3.8, 4) is 5.75 Å². The van der Waals surface area contributed by atoms with Crippen LogP contribution in [0.25, 0.3) is 0 Å². The number of phenolic OH excluding ortho intramolecular Hbond substituents is 1. The Labute approximate surface area is 142 Å². The van der Waals surface area contributed by atoms with E-state index < -0.39 is 0 Å². The van der Waals surface area contributed by atoms with Gasteiger partial charge in [0, 0.05) is 24.5 Å². The van der Waals surface area contributed by atoms with Gasteiger partial charge in [0.1, 0.15) is 5.75 Å². The number of carbonyl (C=O) groups is 1. The van der Waals surface area contributed by atoms with Crippen LogP contribution in [0.3, 0.4) is 0 Å². The normalized spacial score (nSPS) is 16.3. The minimum atomic E-state index is -0.122. The molecule has 1 aliphatic carbocycles. The highest BCUT2D eigenvalue weighted by molar-refractivity contribution is 5.74. The molecule has 1 aromatic carbocycles. The maximum atomic E-state index is 12.1. The number of nitrogens with zero attached hydrogens (tertiary/aromatic N) is 1. The number of nitrogens with one attached hydrogen (secondary N) is 2. The lowest BCUT2D eigenvalue weighted by Crippen LogP contribution is -2.45. The lowest BCUT2D eigenvalue weighted by molar-refractivity contribution is 0.235. The Morgan fingerprint density at radius 3 is 3.04 bits per heavy atom. The summed E-state index contributed by atoms with van der Waals surface area (Å²) in [4.78, 5) is 16.3. The molecule has 1 unspecified atom stereocenters. The SMILES string of the molecule is Cc1ncccc1CCNC(=O)NC1CCc2cc(O)ccc2C1. The van der Waals surface area contributed by atoms with E-state index in [-0.39, 0.29) is 12.1 Å². The molecular weight excluding hydrogens is 302 g/mol. The average molecular weight is 325 g/mol. The van der Waals surface area contributed by atoms with Crippen LogP contribution in [0.2, 0.25) is 0 Å². The second-order valence-corrected chi connectivity index (χ2v) is 6.29. The van der Waals surface area contributed by atoms with Gasteiger partial charge in [-0.1, -0.05) is 12.1 Å². The molecule has 0 saturated carbocycles. The summed E-state index contributed by atoms with van der Waals surface area (Å²) in [7, 11) is 0. The van der Waals surface area contributed by atoms with E-state index in [1.165, 1.54) is 11.1 Å². The zero-order valence-corrected chi connectivity index (χ0v) is 13.9. The molecule has 1 aromatic heterocycles. The zero-order valence-electron chi connectivity index (χ0n) is 13.9. The quantitative estimate of drug-likeness (QED) is 0.808. The number of carbonyl (C=O) groups excluding carboxylic acids is 1. The number of fused-ring (bicyclic) bond motifs is 1. The number of urea groups is 1. The highest BCUT2D eigenvalue weighted by Gasteiger charge is 2.20. The Morgan fingerprint density at radius 2 is 2.21 bits per heavy atom. The van der Waals surface area contributed by atoms with Crippen molar-refractivity contribution >= 4 is 6.03 Å². The van der Waals surface area contributed by atoms with Crippen molar-refractivity contribution in [2.24, 2.45) is 0 Å². The summed E-state index contributed by atoms with van der Waals surface area (Å²) in [6.45, 7) is 2.57. The molecule has 0 aliphatic heterocycles. The van der Waals surface area contributed by atoms with Crippen LogP contribution in [-0.2, 0) is 19.3 Å². The number of amides is 2. The number of benzene rings is 1. The molecule has 24 heavy (non-hydrogen) atoms. The first-order chi connectivity index (χ1) is 11.6. The van der Waals surface area contributed by atoms with E-state index in [0.29, 0.717) is 12.3 Å². The third kappa shape index (κ3) is 4.04. The maximum absolute atomic E-state index is 12.1. The van der Waals surface area contributed by atoms with Gasteiger partial charge in [-0.2, -0.15) is 0 Å². The fourth-order valence-corrected chi connectivity index (χ4v) is 3.19. The van der Waals surface area contributed by atoms with Crippen molar-refractivity contribution in [2.75, 3.05) is 6.54 Å². The first kappa shape index (κ1) is 16.3. The van der Waals surface area contributed by atoms with Crippen LogP contribution in [-0.4, -0.2) is 28.7 Å². The van der Waals surface area contributed by atoms with Gasteiger partial charge in [-0.05, 0) is 67.5 Å². The predicted octanol–water partition coefficient (Wildman–Crippen LogP) is 2.49. The lowest BCUT2D eigenvalue weighted by atomic mass is 9.88. The summed E-state index contributed by atoms with van der Waals surface area (Å²) in [6, 6.07) is 9.45.